The van der Waals surface area contributed by atoms with Crippen molar-refractivity contribution in [1.82, 2.24) is 4.90 Å². The smallest absolute Gasteiger partial charge is 0.231 e. The zero-order valence-corrected chi connectivity index (χ0v) is 10.5. The van der Waals surface area contributed by atoms with Crippen LogP contribution in [-0.4, -0.2) is 36.4 Å². The second-order valence-corrected chi connectivity index (χ2v) is 4.97. The fraction of sp³-hybridized carbons (Fsp3) is 0.571. The van der Waals surface area contributed by atoms with Gasteiger partial charge >= 0.3 is 0 Å². The monoisotopic (exact) mass is 249 g/mol. The van der Waals surface area contributed by atoms with Gasteiger partial charge in [0.05, 0.1) is 6.10 Å². The Bertz CT molecular complexity index is 416. The molecule has 0 saturated carbocycles. The first-order chi connectivity index (χ1) is 8.83. The van der Waals surface area contributed by atoms with Gasteiger partial charge in [-0.1, -0.05) is 6.07 Å². The van der Waals surface area contributed by atoms with Gasteiger partial charge in [0, 0.05) is 6.54 Å². The molecule has 1 N–H and O–H groups in total. The minimum atomic E-state index is -0.417. The maximum absolute atomic E-state index is 10.2. The van der Waals surface area contributed by atoms with Crippen molar-refractivity contribution in [3.05, 3.63) is 23.8 Å². The molecule has 2 aliphatic rings. The van der Waals surface area contributed by atoms with E-state index in [4.69, 9.17) is 9.47 Å². The summed E-state index contributed by atoms with van der Waals surface area (Å²) in [7, 11) is 0. The minimum absolute atomic E-state index is 0.280. The van der Waals surface area contributed by atoms with Crippen LogP contribution in [0.3, 0.4) is 0 Å². The van der Waals surface area contributed by atoms with Gasteiger partial charge < -0.3 is 19.5 Å². The van der Waals surface area contributed by atoms with Crippen LogP contribution in [0.25, 0.3) is 0 Å². The van der Waals surface area contributed by atoms with Gasteiger partial charge in [-0.3, -0.25) is 0 Å². The molecule has 2 heterocycles. The molecule has 1 atom stereocenters. The third-order valence-electron chi connectivity index (χ3n) is 3.70. The summed E-state index contributed by atoms with van der Waals surface area (Å²) >= 11 is 0. The lowest BCUT2D eigenvalue weighted by molar-refractivity contribution is 0.148. The summed E-state index contributed by atoms with van der Waals surface area (Å²) in [6.07, 6.45) is 2.94. The van der Waals surface area contributed by atoms with E-state index in [1.807, 2.05) is 18.2 Å². The quantitative estimate of drug-likeness (QED) is 0.885. The SMILES string of the molecule is OC(CCN1CCCC1)c1ccc2c(c1)OCO2. The van der Waals surface area contributed by atoms with Crippen LogP contribution in [0.1, 0.15) is 30.9 Å². The Hall–Kier alpha value is -1.26. The van der Waals surface area contributed by atoms with Gasteiger partial charge in [0.15, 0.2) is 11.5 Å². The number of benzene rings is 1. The molecule has 0 spiro atoms. The van der Waals surface area contributed by atoms with Gasteiger partial charge in [-0.15, -0.1) is 0 Å². The molecule has 0 aliphatic carbocycles. The van der Waals surface area contributed by atoms with E-state index in [0.29, 0.717) is 0 Å². The molecule has 1 unspecified atom stereocenters. The predicted molar refractivity (Wildman–Crippen MR) is 67.8 cm³/mol. The molecule has 1 fully saturated rings. The molecule has 2 aliphatic heterocycles. The van der Waals surface area contributed by atoms with Crippen molar-refractivity contribution < 1.29 is 14.6 Å². The molecule has 1 aromatic rings. The fourth-order valence-electron chi connectivity index (χ4n) is 2.60. The average Bonchev–Trinajstić information content (AvgIpc) is 3.05. The van der Waals surface area contributed by atoms with Gasteiger partial charge in [-0.05, 0) is 50.0 Å². The van der Waals surface area contributed by atoms with Crippen molar-refractivity contribution in [3.63, 3.8) is 0 Å². The van der Waals surface area contributed by atoms with Gasteiger partial charge in [-0.25, -0.2) is 0 Å². The maximum Gasteiger partial charge on any atom is 0.231 e. The molecule has 98 valence electrons. The van der Waals surface area contributed by atoms with Gasteiger partial charge in [0.2, 0.25) is 6.79 Å². The molecule has 0 bridgehead atoms. The molecule has 3 rings (SSSR count). The molecule has 0 aromatic heterocycles. The van der Waals surface area contributed by atoms with Crippen LogP contribution in [0.15, 0.2) is 18.2 Å². The Balaban J connectivity index is 1.59. The van der Waals surface area contributed by atoms with Gasteiger partial charge in [-0.2, -0.15) is 0 Å². The zero-order chi connectivity index (χ0) is 12.4. The number of fused-ring (bicyclic) bond motifs is 1. The summed E-state index contributed by atoms with van der Waals surface area (Å²) < 4.78 is 10.6. The van der Waals surface area contributed by atoms with E-state index >= 15 is 0 Å². The van der Waals surface area contributed by atoms with E-state index in [-0.39, 0.29) is 6.79 Å². The third-order valence-corrected chi connectivity index (χ3v) is 3.70. The predicted octanol–water partition coefficient (Wildman–Crippen LogP) is 1.93. The van der Waals surface area contributed by atoms with Crippen molar-refractivity contribution in [1.29, 1.82) is 0 Å². The Morgan fingerprint density at radius 2 is 1.94 bits per heavy atom. The van der Waals surface area contributed by atoms with Crippen molar-refractivity contribution in [3.8, 4) is 11.5 Å². The molecule has 1 aromatic carbocycles. The third kappa shape index (κ3) is 2.44. The van der Waals surface area contributed by atoms with Crippen molar-refractivity contribution in [2.75, 3.05) is 26.4 Å². The van der Waals surface area contributed by atoms with Crippen molar-refractivity contribution in [2.45, 2.75) is 25.4 Å². The summed E-state index contributed by atoms with van der Waals surface area (Å²) in [4.78, 5) is 2.41. The summed E-state index contributed by atoms with van der Waals surface area (Å²) in [5.41, 5.74) is 0.915. The summed E-state index contributed by atoms with van der Waals surface area (Å²) in [6.45, 7) is 3.60. The van der Waals surface area contributed by atoms with Crippen molar-refractivity contribution in [2.24, 2.45) is 0 Å². The van der Waals surface area contributed by atoms with E-state index in [1.54, 1.807) is 0 Å². The first-order valence-electron chi connectivity index (χ1n) is 6.63. The molecular formula is C14H19NO3. The summed E-state index contributed by atoms with van der Waals surface area (Å²) in [5.74, 6) is 1.51. The summed E-state index contributed by atoms with van der Waals surface area (Å²) in [6, 6.07) is 5.68. The first-order valence-corrected chi connectivity index (χ1v) is 6.63. The van der Waals surface area contributed by atoms with Crippen LogP contribution < -0.4 is 9.47 Å². The van der Waals surface area contributed by atoms with Crippen LogP contribution in [0.5, 0.6) is 11.5 Å². The van der Waals surface area contributed by atoms with Crippen LogP contribution in [-0.2, 0) is 0 Å². The fourth-order valence-corrected chi connectivity index (χ4v) is 2.60. The molecule has 4 heteroatoms. The van der Waals surface area contributed by atoms with Crippen LogP contribution in [0.4, 0.5) is 0 Å². The number of rotatable bonds is 4. The highest BCUT2D eigenvalue weighted by molar-refractivity contribution is 5.45. The van der Waals surface area contributed by atoms with E-state index in [0.717, 1.165) is 30.0 Å². The molecule has 18 heavy (non-hydrogen) atoms. The second kappa shape index (κ2) is 5.16. The summed E-state index contributed by atoms with van der Waals surface area (Å²) in [5, 5.41) is 10.2. The normalized spacial score (nSPS) is 20.3. The Labute approximate surface area is 107 Å². The van der Waals surface area contributed by atoms with E-state index in [2.05, 4.69) is 4.90 Å². The molecular weight excluding hydrogens is 230 g/mol. The van der Waals surface area contributed by atoms with Crippen molar-refractivity contribution >= 4 is 0 Å². The first kappa shape index (κ1) is 11.8. The largest absolute Gasteiger partial charge is 0.454 e. The van der Waals surface area contributed by atoms with Gasteiger partial charge in [0.25, 0.3) is 0 Å². The standard InChI is InChI=1S/C14H19NO3/c16-12(5-8-15-6-1-2-7-15)11-3-4-13-14(9-11)18-10-17-13/h3-4,9,12,16H,1-2,5-8,10H2. The highest BCUT2D eigenvalue weighted by atomic mass is 16.7. The van der Waals surface area contributed by atoms with Crippen LogP contribution >= 0.6 is 0 Å². The highest BCUT2D eigenvalue weighted by Crippen LogP contribution is 2.34. The van der Waals surface area contributed by atoms with Crippen LogP contribution in [0.2, 0.25) is 0 Å². The van der Waals surface area contributed by atoms with E-state index < -0.39 is 6.10 Å². The molecule has 1 saturated heterocycles. The number of hydrogen-bond acceptors (Lipinski definition) is 4. The Morgan fingerprint density at radius 3 is 2.78 bits per heavy atom. The highest BCUT2D eigenvalue weighted by Gasteiger charge is 2.18. The topological polar surface area (TPSA) is 41.9 Å². The number of hydrogen-bond donors (Lipinski definition) is 1. The number of nitrogens with zero attached hydrogens (tertiary/aromatic N) is 1. The van der Waals surface area contributed by atoms with Gasteiger partial charge in [0.1, 0.15) is 0 Å². The molecule has 0 amide bonds. The number of likely N-dealkylation sites (tertiary alicyclic amines) is 1. The zero-order valence-electron chi connectivity index (χ0n) is 10.5. The lowest BCUT2D eigenvalue weighted by Gasteiger charge is -2.17. The van der Waals surface area contributed by atoms with Crippen LogP contribution in [0, 0.1) is 0 Å². The molecule has 4 nitrogen and oxygen atoms in total. The maximum atomic E-state index is 10.2. The Kier molecular flexibility index (Phi) is 3.39. The number of ether oxygens (including phenoxy) is 2. The Morgan fingerprint density at radius 1 is 1.17 bits per heavy atom. The lowest BCUT2D eigenvalue weighted by Crippen LogP contribution is -2.22. The number of aliphatic hydroxyl groups excluding tert-OH is 1. The average molecular weight is 249 g/mol. The number of aliphatic hydroxyl groups is 1. The molecule has 0 radical (unpaired) electrons. The second-order valence-electron chi connectivity index (χ2n) is 4.97. The lowest BCUT2D eigenvalue weighted by atomic mass is 10.1. The minimum Gasteiger partial charge on any atom is -0.454 e. The van der Waals surface area contributed by atoms with E-state index in [1.165, 1.54) is 25.9 Å². The van der Waals surface area contributed by atoms with E-state index in [9.17, 15) is 5.11 Å².